The Kier molecular flexibility index (Phi) is 4.85. The molecule has 2 N–H and O–H groups in total. The molecule has 2 aliphatic heterocycles. The highest BCUT2D eigenvalue weighted by molar-refractivity contribution is 5.85. The van der Waals surface area contributed by atoms with Crippen LogP contribution in [0.3, 0.4) is 0 Å². The largest absolute Gasteiger partial charge is 0.341 e. The average Bonchev–Trinajstić information content (AvgIpc) is 2.92. The molecule has 0 bridgehead atoms. The van der Waals surface area contributed by atoms with Crippen molar-refractivity contribution < 1.29 is 4.79 Å². The van der Waals surface area contributed by atoms with Gasteiger partial charge in [-0.3, -0.25) is 4.79 Å². The molecule has 0 saturated carbocycles. The summed E-state index contributed by atoms with van der Waals surface area (Å²) in [5.74, 6) is 0.147. The molecule has 0 aliphatic carbocycles. The second-order valence-corrected chi connectivity index (χ2v) is 6.43. The zero-order valence-corrected chi connectivity index (χ0v) is 12.5. The van der Waals surface area contributed by atoms with Crippen LogP contribution in [0.2, 0.25) is 0 Å². The summed E-state index contributed by atoms with van der Waals surface area (Å²) < 4.78 is 0. The maximum Gasteiger partial charge on any atom is 0.242 e. The van der Waals surface area contributed by atoms with Crippen molar-refractivity contribution >= 4 is 5.91 Å². The van der Waals surface area contributed by atoms with E-state index in [-0.39, 0.29) is 5.91 Å². The lowest BCUT2D eigenvalue weighted by atomic mass is 9.93. The molecule has 0 aromatic heterocycles. The van der Waals surface area contributed by atoms with E-state index < -0.39 is 5.54 Å². The van der Waals surface area contributed by atoms with Crippen molar-refractivity contribution in [1.82, 2.24) is 9.80 Å². The van der Waals surface area contributed by atoms with Crippen LogP contribution in [0.15, 0.2) is 0 Å². The minimum Gasteiger partial charge on any atom is -0.341 e. The number of hydrogen-bond donors (Lipinski definition) is 1. The quantitative estimate of drug-likeness (QED) is 0.841. The van der Waals surface area contributed by atoms with Crippen LogP contribution in [0.25, 0.3) is 0 Å². The van der Waals surface area contributed by atoms with Crippen LogP contribution in [0.4, 0.5) is 0 Å². The van der Waals surface area contributed by atoms with Gasteiger partial charge in [0, 0.05) is 19.1 Å². The van der Waals surface area contributed by atoms with Gasteiger partial charge in [0.1, 0.15) is 0 Å². The van der Waals surface area contributed by atoms with Crippen molar-refractivity contribution in [2.45, 2.75) is 64.0 Å². The number of nitrogens with two attached hydrogens (primary N) is 1. The number of piperidine rings is 1. The normalized spacial score (nSPS) is 25.5. The lowest BCUT2D eigenvalue weighted by Crippen LogP contribution is -2.56. The molecule has 2 fully saturated rings. The van der Waals surface area contributed by atoms with Crippen LogP contribution in [0.1, 0.15) is 52.4 Å². The average molecular weight is 267 g/mol. The molecule has 19 heavy (non-hydrogen) atoms. The number of carbonyl (C=O) groups is 1. The number of nitrogens with zero attached hydrogens (tertiary/aromatic N) is 2. The van der Waals surface area contributed by atoms with Crippen molar-refractivity contribution in [3.63, 3.8) is 0 Å². The molecule has 4 nitrogen and oxygen atoms in total. The second kappa shape index (κ2) is 6.23. The van der Waals surface area contributed by atoms with E-state index in [1.54, 1.807) is 0 Å². The maximum atomic E-state index is 12.4. The van der Waals surface area contributed by atoms with E-state index in [2.05, 4.69) is 11.8 Å². The first-order chi connectivity index (χ1) is 9.04. The standard InChI is InChI=1S/C15H29N3O/c1-3-8-15(2,16)14(19)18-11-6-13(7-12-18)17-9-4-5-10-17/h13H,3-12,16H2,1-2H3. The Hall–Kier alpha value is -0.610. The second-order valence-electron chi connectivity index (χ2n) is 6.43. The van der Waals surface area contributed by atoms with E-state index in [0.29, 0.717) is 6.04 Å². The van der Waals surface area contributed by atoms with Crippen LogP contribution in [0.5, 0.6) is 0 Å². The van der Waals surface area contributed by atoms with Crippen molar-refractivity contribution in [3.8, 4) is 0 Å². The summed E-state index contributed by atoms with van der Waals surface area (Å²) in [6.45, 7) is 8.24. The minimum atomic E-state index is -0.671. The lowest BCUT2D eigenvalue weighted by molar-refractivity contribution is -0.138. The van der Waals surface area contributed by atoms with Gasteiger partial charge in [0.15, 0.2) is 0 Å². The fourth-order valence-electron chi connectivity index (χ4n) is 3.53. The van der Waals surface area contributed by atoms with Gasteiger partial charge in [0.25, 0.3) is 0 Å². The highest BCUT2D eigenvalue weighted by Crippen LogP contribution is 2.23. The zero-order valence-electron chi connectivity index (χ0n) is 12.5. The number of rotatable bonds is 4. The third kappa shape index (κ3) is 3.48. The number of amides is 1. The fourth-order valence-corrected chi connectivity index (χ4v) is 3.53. The fraction of sp³-hybridized carbons (Fsp3) is 0.933. The molecule has 1 amide bonds. The van der Waals surface area contributed by atoms with E-state index in [9.17, 15) is 4.79 Å². The number of carbonyl (C=O) groups excluding carboxylic acids is 1. The highest BCUT2D eigenvalue weighted by atomic mass is 16.2. The molecule has 2 heterocycles. The van der Waals surface area contributed by atoms with Crippen molar-refractivity contribution in [2.24, 2.45) is 5.73 Å². The Morgan fingerprint density at radius 3 is 2.32 bits per heavy atom. The molecule has 1 atom stereocenters. The molecular formula is C15H29N3O. The zero-order chi connectivity index (χ0) is 13.9. The predicted molar refractivity (Wildman–Crippen MR) is 77.9 cm³/mol. The molecule has 0 spiro atoms. The van der Waals surface area contributed by atoms with Gasteiger partial charge in [-0.2, -0.15) is 0 Å². The van der Waals surface area contributed by atoms with Gasteiger partial charge in [0.2, 0.25) is 5.91 Å². The summed E-state index contributed by atoms with van der Waals surface area (Å²) in [6.07, 6.45) is 6.66. The minimum absolute atomic E-state index is 0.147. The predicted octanol–water partition coefficient (Wildman–Crippen LogP) is 1.59. The number of likely N-dealkylation sites (tertiary alicyclic amines) is 2. The molecule has 2 saturated heterocycles. The smallest absolute Gasteiger partial charge is 0.242 e. The monoisotopic (exact) mass is 267 g/mol. The number of hydrogen-bond acceptors (Lipinski definition) is 3. The SMILES string of the molecule is CCCC(C)(N)C(=O)N1CCC(N2CCCC2)CC1. The van der Waals surface area contributed by atoms with Gasteiger partial charge >= 0.3 is 0 Å². The van der Waals surface area contributed by atoms with E-state index in [4.69, 9.17) is 5.73 Å². The first-order valence-corrected chi connectivity index (χ1v) is 7.87. The first-order valence-electron chi connectivity index (χ1n) is 7.87. The molecule has 0 radical (unpaired) electrons. The van der Waals surface area contributed by atoms with E-state index in [1.165, 1.54) is 25.9 Å². The first kappa shape index (κ1) is 14.8. The molecule has 2 aliphatic rings. The van der Waals surface area contributed by atoms with Gasteiger partial charge in [0.05, 0.1) is 5.54 Å². The maximum absolute atomic E-state index is 12.4. The van der Waals surface area contributed by atoms with Crippen LogP contribution < -0.4 is 5.73 Å². The van der Waals surface area contributed by atoms with Crippen LogP contribution >= 0.6 is 0 Å². The van der Waals surface area contributed by atoms with E-state index in [1.807, 2.05) is 11.8 Å². The van der Waals surface area contributed by atoms with Gasteiger partial charge in [-0.15, -0.1) is 0 Å². The Bertz CT molecular complexity index is 303. The molecule has 1 unspecified atom stereocenters. The summed E-state index contributed by atoms with van der Waals surface area (Å²) in [5, 5.41) is 0. The molecule has 0 aromatic carbocycles. The van der Waals surface area contributed by atoms with Crippen molar-refractivity contribution in [2.75, 3.05) is 26.2 Å². The van der Waals surface area contributed by atoms with Crippen molar-refractivity contribution in [1.29, 1.82) is 0 Å². The molecule has 2 rings (SSSR count). The third-order valence-electron chi connectivity index (χ3n) is 4.67. The third-order valence-corrected chi connectivity index (χ3v) is 4.67. The van der Waals surface area contributed by atoms with Gasteiger partial charge in [-0.05, 0) is 52.1 Å². The summed E-state index contributed by atoms with van der Waals surface area (Å²) in [4.78, 5) is 17.0. The molecule has 110 valence electrons. The molecular weight excluding hydrogens is 238 g/mol. The Balaban J connectivity index is 1.83. The van der Waals surface area contributed by atoms with Gasteiger partial charge < -0.3 is 15.5 Å². The summed E-state index contributed by atoms with van der Waals surface area (Å²) in [6, 6.07) is 0.696. The van der Waals surface area contributed by atoms with Crippen LogP contribution in [0, 0.1) is 0 Å². The lowest BCUT2D eigenvalue weighted by Gasteiger charge is -2.39. The van der Waals surface area contributed by atoms with E-state index >= 15 is 0 Å². The summed E-state index contributed by atoms with van der Waals surface area (Å²) in [5.41, 5.74) is 5.49. The molecule has 0 aromatic rings. The summed E-state index contributed by atoms with van der Waals surface area (Å²) in [7, 11) is 0. The van der Waals surface area contributed by atoms with E-state index in [0.717, 1.165) is 38.8 Å². The Morgan fingerprint density at radius 2 is 1.79 bits per heavy atom. The van der Waals surface area contributed by atoms with Crippen LogP contribution in [-0.4, -0.2) is 53.5 Å². The van der Waals surface area contributed by atoms with Gasteiger partial charge in [-0.1, -0.05) is 13.3 Å². The Labute approximate surface area is 117 Å². The van der Waals surface area contributed by atoms with Crippen LogP contribution in [-0.2, 0) is 4.79 Å². The summed E-state index contributed by atoms with van der Waals surface area (Å²) >= 11 is 0. The molecule has 4 heteroatoms. The highest BCUT2D eigenvalue weighted by Gasteiger charge is 2.35. The van der Waals surface area contributed by atoms with Gasteiger partial charge in [-0.25, -0.2) is 0 Å². The Morgan fingerprint density at radius 1 is 1.21 bits per heavy atom. The topological polar surface area (TPSA) is 49.6 Å². The van der Waals surface area contributed by atoms with Crippen molar-refractivity contribution in [3.05, 3.63) is 0 Å².